The SMILES string of the molecule is Cc1[nH]ccc1C(=O)N[C@H]1CCN(c2ccc(Br)cc2)C1. The number of aromatic nitrogens is 1. The van der Waals surface area contributed by atoms with Crippen LogP contribution in [0.5, 0.6) is 0 Å². The Morgan fingerprint density at radius 1 is 1.33 bits per heavy atom. The van der Waals surface area contributed by atoms with Crippen molar-refractivity contribution in [1.82, 2.24) is 10.3 Å². The van der Waals surface area contributed by atoms with Gasteiger partial charge in [0, 0.05) is 41.2 Å². The van der Waals surface area contributed by atoms with Gasteiger partial charge >= 0.3 is 0 Å². The Bertz CT molecular complexity index is 635. The van der Waals surface area contributed by atoms with Gasteiger partial charge in [0.15, 0.2) is 0 Å². The van der Waals surface area contributed by atoms with Gasteiger partial charge in [0.1, 0.15) is 0 Å². The summed E-state index contributed by atoms with van der Waals surface area (Å²) in [6.45, 7) is 3.74. The molecule has 4 nitrogen and oxygen atoms in total. The van der Waals surface area contributed by atoms with E-state index in [0.29, 0.717) is 0 Å². The molecule has 1 amide bonds. The molecule has 2 N–H and O–H groups in total. The number of carbonyl (C=O) groups excluding carboxylic acids is 1. The molecule has 1 fully saturated rings. The van der Waals surface area contributed by atoms with E-state index in [9.17, 15) is 4.79 Å². The number of rotatable bonds is 3. The predicted molar refractivity (Wildman–Crippen MR) is 87.8 cm³/mol. The zero-order valence-corrected chi connectivity index (χ0v) is 13.5. The van der Waals surface area contributed by atoms with Crippen molar-refractivity contribution in [2.75, 3.05) is 18.0 Å². The summed E-state index contributed by atoms with van der Waals surface area (Å²) in [6, 6.07) is 10.3. The van der Waals surface area contributed by atoms with Crippen LogP contribution in [0.2, 0.25) is 0 Å². The number of hydrogen-bond donors (Lipinski definition) is 2. The molecule has 1 aromatic heterocycles. The van der Waals surface area contributed by atoms with E-state index in [-0.39, 0.29) is 11.9 Å². The summed E-state index contributed by atoms with van der Waals surface area (Å²) in [5.74, 6) is 0.0106. The van der Waals surface area contributed by atoms with Gasteiger partial charge < -0.3 is 15.2 Å². The summed E-state index contributed by atoms with van der Waals surface area (Å²) >= 11 is 3.45. The molecule has 5 heteroatoms. The number of aryl methyl sites for hydroxylation is 1. The molecule has 1 aromatic carbocycles. The van der Waals surface area contributed by atoms with E-state index in [1.165, 1.54) is 5.69 Å². The first-order chi connectivity index (χ1) is 10.1. The molecule has 2 heterocycles. The van der Waals surface area contributed by atoms with Crippen molar-refractivity contribution in [3.8, 4) is 0 Å². The number of anilines is 1. The van der Waals surface area contributed by atoms with E-state index < -0.39 is 0 Å². The molecule has 1 aliphatic heterocycles. The fourth-order valence-corrected chi connectivity index (χ4v) is 2.99. The minimum atomic E-state index is 0.0106. The smallest absolute Gasteiger partial charge is 0.253 e. The highest BCUT2D eigenvalue weighted by molar-refractivity contribution is 9.10. The number of benzene rings is 1. The van der Waals surface area contributed by atoms with Crippen LogP contribution in [0.15, 0.2) is 41.0 Å². The Kier molecular flexibility index (Phi) is 4.01. The fourth-order valence-electron chi connectivity index (χ4n) is 2.73. The average Bonchev–Trinajstić information content (AvgIpc) is 3.09. The van der Waals surface area contributed by atoms with E-state index >= 15 is 0 Å². The molecule has 0 unspecified atom stereocenters. The molecule has 3 rings (SSSR count). The van der Waals surface area contributed by atoms with Crippen molar-refractivity contribution >= 4 is 27.5 Å². The summed E-state index contributed by atoms with van der Waals surface area (Å²) in [5.41, 5.74) is 2.85. The second kappa shape index (κ2) is 5.93. The zero-order chi connectivity index (χ0) is 14.8. The first-order valence-corrected chi connectivity index (χ1v) is 7.88. The van der Waals surface area contributed by atoms with Crippen LogP contribution in [0.1, 0.15) is 22.5 Å². The van der Waals surface area contributed by atoms with Gasteiger partial charge in [0.25, 0.3) is 5.91 Å². The molecule has 0 spiro atoms. The molecule has 1 saturated heterocycles. The van der Waals surface area contributed by atoms with Gasteiger partial charge in [0.2, 0.25) is 0 Å². The van der Waals surface area contributed by atoms with Crippen molar-refractivity contribution in [2.24, 2.45) is 0 Å². The lowest BCUT2D eigenvalue weighted by Gasteiger charge is -2.19. The second-order valence-electron chi connectivity index (χ2n) is 5.40. The van der Waals surface area contributed by atoms with Crippen LogP contribution in [0.25, 0.3) is 0 Å². The third-order valence-corrected chi connectivity index (χ3v) is 4.44. The molecule has 0 saturated carbocycles. The van der Waals surface area contributed by atoms with Gasteiger partial charge in [-0.3, -0.25) is 4.79 Å². The topological polar surface area (TPSA) is 48.1 Å². The Morgan fingerprint density at radius 3 is 2.76 bits per heavy atom. The van der Waals surface area contributed by atoms with Gasteiger partial charge in [-0.1, -0.05) is 15.9 Å². The maximum Gasteiger partial charge on any atom is 0.253 e. The van der Waals surface area contributed by atoms with Crippen molar-refractivity contribution in [1.29, 1.82) is 0 Å². The van der Waals surface area contributed by atoms with Crippen LogP contribution in [0.3, 0.4) is 0 Å². The first-order valence-electron chi connectivity index (χ1n) is 7.09. The third kappa shape index (κ3) is 3.13. The van der Waals surface area contributed by atoms with Crippen LogP contribution in [0, 0.1) is 6.92 Å². The van der Waals surface area contributed by atoms with Crippen LogP contribution in [-0.2, 0) is 0 Å². The van der Waals surface area contributed by atoms with Gasteiger partial charge in [-0.15, -0.1) is 0 Å². The monoisotopic (exact) mass is 347 g/mol. The molecule has 110 valence electrons. The number of carbonyl (C=O) groups is 1. The second-order valence-corrected chi connectivity index (χ2v) is 6.31. The van der Waals surface area contributed by atoms with E-state index in [4.69, 9.17) is 0 Å². The highest BCUT2D eigenvalue weighted by Gasteiger charge is 2.24. The molecule has 0 radical (unpaired) electrons. The molecule has 1 aliphatic rings. The lowest BCUT2D eigenvalue weighted by atomic mass is 10.2. The van der Waals surface area contributed by atoms with Crippen molar-refractivity contribution in [3.63, 3.8) is 0 Å². The van der Waals surface area contributed by atoms with E-state index in [1.807, 2.05) is 25.1 Å². The standard InChI is InChI=1S/C16H18BrN3O/c1-11-15(6-8-18-11)16(21)19-13-7-9-20(10-13)14-4-2-12(17)3-5-14/h2-6,8,13,18H,7,9-10H2,1H3,(H,19,21)/t13-/m0/s1. The van der Waals surface area contributed by atoms with E-state index in [2.05, 4.69) is 43.3 Å². The maximum atomic E-state index is 12.2. The number of nitrogens with zero attached hydrogens (tertiary/aromatic N) is 1. The summed E-state index contributed by atoms with van der Waals surface area (Å²) in [6.07, 6.45) is 2.78. The largest absolute Gasteiger partial charge is 0.369 e. The Morgan fingerprint density at radius 2 is 2.10 bits per heavy atom. The predicted octanol–water partition coefficient (Wildman–Crippen LogP) is 3.09. The Hall–Kier alpha value is -1.75. The summed E-state index contributed by atoms with van der Waals surface area (Å²) < 4.78 is 1.08. The van der Waals surface area contributed by atoms with Gasteiger partial charge in [-0.2, -0.15) is 0 Å². The van der Waals surface area contributed by atoms with E-state index in [0.717, 1.165) is 35.2 Å². The van der Waals surface area contributed by atoms with Crippen LogP contribution < -0.4 is 10.2 Å². The molecule has 0 aliphatic carbocycles. The number of nitrogens with one attached hydrogen (secondary N) is 2. The highest BCUT2D eigenvalue weighted by Crippen LogP contribution is 2.22. The average molecular weight is 348 g/mol. The summed E-state index contributed by atoms with van der Waals surface area (Å²) in [5, 5.41) is 3.12. The summed E-state index contributed by atoms with van der Waals surface area (Å²) in [7, 11) is 0. The quantitative estimate of drug-likeness (QED) is 0.896. The van der Waals surface area contributed by atoms with Gasteiger partial charge in [-0.25, -0.2) is 0 Å². The molecule has 2 aromatic rings. The normalized spacial score (nSPS) is 18.0. The lowest BCUT2D eigenvalue weighted by molar-refractivity contribution is 0.0940. The lowest BCUT2D eigenvalue weighted by Crippen LogP contribution is -2.37. The van der Waals surface area contributed by atoms with Gasteiger partial charge in [0.05, 0.1) is 5.56 Å². The molecular weight excluding hydrogens is 330 g/mol. The van der Waals surface area contributed by atoms with E-state index in [1.54, 1.807) is 6.20 Å². The number of hydrogen-bond acceptors (Lipinski definition) is 2. The molecular formula is C16H18BrN3O. The Labute approximate surface area is 132 Å². The molecule has 0 bridgehead atoms. The minimum Gasteiger partial charge on any atom is -0.369 e. The fraction of sp³-hybridized carbons (Fsp3) is 0.312. The van der Waals surface area contributed by atoms with Crippen molar-refractivity contribution in [2.45, 2.75) is 19.4 Å². The third-order valence-electron chi connectivity index (χ3n) is 3.91. The minimum absolute atomic E-state index is 0.0106. The first kappa shape index (κ1) is 14.2. The number of H-pyrrole nitrogens is 1. The zero-order valence-electron chi connectivity index (χ0n) is 11.9. The molecule has 21 heavy (non-hydrogen) atoms. The van der Waals surface area contributed by atoms with Crippen LogP contribution >= 0.6 is 15.9 Å². The van der Waals surface area contributed by atoms with Crippen molar-refractivity contribution < 1.29 is 4.79 Å². The Balaban J connectivity index is 1.61. The molecule has 1 atom stereocenters. The number of halogens is 1. The highest BCUT2D eigenvalue weighted by atomic mass is 79.9. The van der Waals surface area contributed by atoms with Crippen LogP contribution in [-0.4, -0.2) is 30.0 Å². The van der Waals surface area contributed by atoms with Crippen LogP contribution in [0.4, 0.5) is 5.69 Å². The van der Waals surface area contributed by atoms with Gasteiger partial charge in [-0.05, 0) is 43.7 Å². The number of aromatic amines is 1. The maximum absolute atomic E-state index is 12.2. The summed E-state index contributed by atoms with van der Waals surface area (Å²) in [4.78, 5) is 17.6. The van der Waals surface area contributed by atoms with Crippen molar-refractivity contribution in [3.05, 3.63) is 52.3 Å². The number of amides is 1.